The number of amides is 3. The quantitative estimate of drug-likeness (QED) is 0.611. The molecule has 160 valence electrons. The van der Waals surface area contributed by atoms with Gasteiger partial charge in [-0.15, -0.1) is 0 Å². The number of likely N-dealkylation sites (tertiary alicyclic amines) is 1. The number of urea groups is 1. The zero-order valence-corrected chi connectivity index (χ0v) is 18.6. The summed E-state index contributed by atoms with van der Waals surface area (Å²) in [6, 6.07) is 10.6. The van der Waals surface area contributed by atoms with Gasteiger partial charge in [0.2, 0.25) is 0 Å². The average Bonchev–Trinajstić information content (AvgIpc) is 2.92. The molecule has 2 aliphatic rings. The van der Waals surface area contributed by atoms with Crippen LogP contribution < -0.4 is 0 Å². The molecule has 3 amide bonds. The summed E-state index contributed by atoms with van der Waals surface area (Å²) < 4.78 is 0. The van der Waals surface area contributed by atoms with Crippen LogP contribution in [0.3, 0.4) is 0 Å². The molecular weight excluding hydrogens is 362 g/mol. The van der Waals surface area contributed by atoms with Crippen molar-refractivity contribution in [2.75, 3.05) is 32.7 Å². The van der Waals surface area contributed by atoms with Crippen molar-refractivity contribution in [2.45, 2.75) is 64.8 Å². The maximum atomic E-state index is 13.2. The number of piperidine rings is 1. The van der Waals surface area contributed by atoms with Crippen molar-refractivity contribution in [3.05, 3.63) is 35.9 Å². The molecule has 2 saturated heterocycles. The smallest absolute Gasteiger partial charge is 0.309 e. The Labute approximate surface area is 176 Å². The molecule has 0 unspecified atom stereocenters. The summed E-state index contributed by atoms with van der Waals surface area (Å²) in [5, 5.41) is 0. The van der Waals surface area contributed by atoms with Gasteiger partial charge in [-0.25, -0.2) is 4.79 Å². The molecule has 0 N–H and O–H groups in total. The molecule has 5 nitrogen and oxygen atoms in total. The average molecular weight is 400 g/mol. The van der Waals surface area contributed by atoms with Crippen LogP contribution in [0.4, 0.5) is 4.79 Å². The predicted octanol–water partition coefficient (Wildman–Crippen LogP) is 4.35. The van der Waals surface area contributed by atoms with E-state index in [1.165, 1.54) is 10.5 Å². The Balaban J connectivity index is 1.61. The molecule has 0 aromatic heterocycles. The highest BCUT2D eigenvalue weighted by Crippen LogP contribution is 2.38. The molecule has 1 aromatic carbocycles. The molecule has 2 aliphatic heterocycles. The Bertz CT molecular complexity index is 695. The summed E-state index contributed by atoms with van der Waals surface area (Å²) >= 11 is 0. The van der Waals surface area contributed by atoms with Gasteiger partial charge in [0.25, 0.3) is 5.91 Å². The second kappa shape index (κ2) is 9.29. The number of hydrogen-bond donors (Lipinski definition) is 0. The minimum atomic E-state index is -0.608. The van der Waals surface area contributed by atoms with E-state index in [0.29, 0.717) is 24.9 Å². The summed E-state index contributed by atoms with van der Waals surface area (Å²) in [4.78, 5) is 31.9. The molecule has 0 bridgehead atoms. The Kier molecular flexibility index (Phi) is 6.99. The van der Waals surface area contributed by atoms with Crippen molar-refractivity contribution >= 4 is 11.9 Å². The second-order valence-electron chi connectivity index (χ2n) is 9.14. The zero-order chi connectivity index (χ0) is 21.0. The standard InChI is InChI=1S/C24H37N3O2/c1-5-26-22(28)24(27(23(26)29)16-11-19(2)3)13-17-25(18-14-24)15-12-20(4)21-9-7-6-8-10-21/h6-10,19-20H,5,11-18H2,1-4H3/t20-/m0/s1. The van der Waals surface area contributed by atoms with Gasteiger partial charge in [0.05, 0.1) is 0 Å². The van der Waals surface area contributed by atoms with Crippen molar-refractivity contribution in [1.29, 1.82) is 0 Å². The van der Waals surface area contributed by atoms with E-state index in [1.807, 2.05) is 11.8 Å². The maximum absolute atomic E-state index is 13.2. The summed E-state index contributed by atoms with van der Waals surface area (Å²) in [6.07, 6.45) is 3.57. The Morgan fingerprint density at radius 3 is 2.21 bits per heavy atom. The van der Waals surface area contributed by atoms with E-state index < -0.39 is 5.54 Å². The number of carbonyl (C=O) groups is 2. The van der Waals surface area contributed by atoms with Gasteiger partial charge in [-0.1, -0.05) is 51.1 Å². The molecule has 2 heterocycles. The van der Waals surface area contributed by atoms with Crippen LogP contribution >= 0.6 is 0 Å². The number of hydrogen-bond acceptors (Lipinski definition) is 3. The number of likely N-dealkylation sites (N-methyl/N-ethyl adjacent to an activating group) is 1. The molecule has 1 spiro atoms. The van der Waals surface area contributed by atoms with E-state index in [1.54, 1.807) is 0 Å². The highest BCUT2D eigenvalue weighted by molar-refractivity contribution is 6.07. The summed E-state index contributed by atoms with van der Waals surface area (Å²) in [5.41, 5.74) is 0.778. The van der Waals surface area contributed by atoms with Crippen molar-refractivity contribution in [2.24, 2.45) is 5.92 Å². The Morgan fingerprint density at radius 1 is 0.966 bits per heavy atom. The number of carbonyl (C=O) groups excluding carboxylic acids is 2. The van der Waals surface area contributed by atoms with Crippen LogP contribution in [-0.4, -0.2) is 64.9 Å². The van der Waals surface area contributed by atoms with Crippen LogP contribution in [0.15, 0.2) is 30.3 Å². The monoisotopic (exact) mass is 399 g/mol. The number of benzene rings is 1. The molecule has 29 heavy (non-hydrogen) atoms. The Morgan fingerprint density at radius 2 is 1.62 bits per heavy atom. The van der Waals surface area contributed by atoms with Gasteiger partial charge >= 0.3 is 6.03 Å². The fourth-order valence-electron chi connectivity index (χ4n) is 4.71. The zero-order valence-electron chi connectivity index (χ0n) is 18.6. The normalized spacial score (nSPS) is 20.9. The highest BCUT2D eigenvalue weighted by Gasteiger charge is 2.57. The fourth-order valence-corrected chi connectivity index (χ4v) is 4.71. The largest absolute Gasteiger partial charge is 0.327 e. The van der Waals surface area contributed by atoms with E-state index in [9.17, 15) is 9.59 Å². The van der Waals surface area contributed by atoms with Gasteiger partial charge in [0.1, 0.15) is 5.54 Å². The third-order valence-electron chi connectivity index (χ3n) is 6.80. The summed E-state index contributed by atoms with van der Waals surface area (Å²) in [5.74, 6) is 1.08. The minimum Gasteiger partial charge on any atom is -0.309 e. The third kappa shape index (κ3) is 4.50. The van der Waals surface area contributed by atoms with Gasteiger partial charge in [-0.3, -0.25) is 9.69 Å². The van der Waals surface area contributed by atoms with Crippen molar-refractivity contribution in [1.82, 2.24) is 14.7 Å². The fraction of sp³-hybridized carbons (Fsp3) is 0.667. The number of rotatable bonds is 8. The lowest BCUT2D eigenvalue weighted by Crippen LogP contribution is -2.57. The predicted molar refractivity (Wildman–Crippen MR) is 117 cm³/mol. The summed E-state index contributed by atoms with van der Waals surface area (Å²) in [6.45, 7) is 12.5. The molecule has 1 aromatic rings. The molecule has 5 heteroatoms. The van der Waals surface area contributed by atoms with Crippen LogP contribution in [0.25, 0.3) is 0 Å². The number of imide groups is 1. The lowest BCUT2D eigenvalue weighted by Gasteiger charge is -2.42. The second-order valence-corrected chi connectivity index (χ2v) is 9.14. The lowest BCUT2D eigenvalue weighted by atomic mass is 9.85. The highest BCUT2D eigenvalue weighted by atomic mass is 16.2. The van der Waals surface area contributed by atoms with E-state index in [0.717, 1.165) is 45.3 Å². The first-order chi connectivity index (χ1) is 13.9. The van der Waals surface area contributed by atoms with E-state index in [-0.39, 0.29) is 11.9 Å². The minimum absolute atomic E-state index is 0.0334. The van der Waals surface area contributed by atoms with Crippen LogP contribution in [0.5, 0.6) is 0 Å². The van der Waals surface area contributed by atoms with Crippen molar-refractivity contribution in [3.63, 3.8) is 0 Å². The van der Waals surface area contributed by atoms with Crippen LogP contribution in [-0.2, 0) is 4.79 Å². The lowest BCUT2D eigenvalue weighted by molar-refractivity contribution is -0.135. The molecule has 0 radical (unpaired) electrons. The first kappa shape index (κ1) is 21.8. The van der Waals surface area contributed by atoms with Crippen molar-refractivity contribution in [3.8, 4) is 0 Å². The van der Waals surface area contributed by atoms with Crippen molar-refractivity contribution < 1.29 is 9.59 Å². The van der Waals surface area contributed by atoms with Crippen LogP contribution in [0.1, 0.15) is 64.9 Å². The van der Waals surface area contributed by atoms with E-state index in [4.69, 9.17) is 0 Å². The third-order valence-corrected chi connectivity index (χ3v) is 6.80. The van der Waals surface area contributed by atoms with Gasteiger partial charge in [-0.2, -0.15) is 0 Å². The molecule has 2 fully saturated rings. The molecule has 3 rings (SSSR count). The molecule has 1 atom stereocenters. The van der Waals surface area contributed by atoms with Gasteiger partial charge in [-0.05, 0) is 56.6 Å². The van der Waals surface area contributed by atoms with E-state index in [2.05, 4.69) is 56.0 Å². The first-order valence-electron chi connectivity index (χ1n) is 11.3. The number of nitrogens with zero attached hydrogens (tertiary/aromatic N) is 3. The topological polar surface area (TPSA) is 43.9 Å². The maximum Gasteiger partial charge on any atom is 0.327 e. The molecular formula is C24H37N3O2. The van der Waals surface area contributed by atoms with Gasteiger partial charge < -0.3 is 9.80 Å². The van der Waals surface area contributed by atoms with Gasteiger partial charge in [0.15, 0.2) is 0 Å². The molecule has 0 aliphatic carbocycles. The van der Waals surface area contributed by atoms with Crippen LogP contribution in [0, 0.1) is 5.92 Å². The van der Waals surface area contributed by atoms with Gasteiger partial charge in [0, 0.05) is 26.2 Å². The SMILES string of the molecule is CCN1C(=O)N(CCC(C)C)C2(CCN(CC[C@H](C)c3ccccc3)CC2)C1=O. The summed E-state index contributed by atoms with van der Waals surface area (Å²) in [7, 11) is 0. The van der Waals surface area contributed by atoms with Crippen LogP contribution in [0.2, 0.25) is 0 Å². The van der Waals surface area contributed by atoms with E-state index >= 15 is 0 Å². The first-order valence-corrected chi connectivity index (χ1v) is 11.3. The molecule has 0 saturated carbocycles. The Hall–Kier alpha value is -1.88.